The van der Waals surface area contributed by atoms with Crippen molar-refractivity contribution >= 4 is 58.8 Å². The van der Waals surface area contributed by atoms with E-state index >= 15 is 0 Å². The highest BCUT2D eigenvalue weighted by molar-refractivity contribution is 6.42. The van der Waals surface area contributed by atoms with Crippen molar-refractivity contribution in [2.45, 2.75) is 32.9 Å². The lowest BCUT2D eigenvalue weighted by Gasteiger charge is -2.10. The summed E-state index contributed by atoms with van der Waals surface area (Å²) in [7, 11) is 0. The fraction of sp³-hybridized carbons (Fsp3) is 0.238. The molecule has 0 N–H and O–H groups in total. The number of halogens is 4. The first-order valence-corrected chi connectivity index (χ1v) is 10.1. The Hall–Kier alpha value is -1.72. The molecular weight excluding hydrogens is 452 g/mol. The van der Waals surface area contributed by atoms with Gasteiger partial charge in [-0.15, -0.1) is 12.4 Å². The average Bonchev–Trinajstić information content (AvgIpc) is 3.25. The number of rotatable bonds is 4. The molecule has 2 heterocycles. The van der Waals surface area contributed by atoms with Crippen molar-refractivity contribution in [3.63, 3.8) is 0 Å². The number of aromatic nitrogens is 2. The van der Waals surface area contributed by atoms with Gasteiger partial charge in [0.1, 0.15) is 12.7 Å². The summed E-state index contributed by atoms with van der Waals surface area (Å²) in [6.07, 6.45) is 3.96. The first-order chi connectivity index (χ1) is 13.4. The van der Waals surface area contributed by atoms with Gasteiger partial charge in [0.25, 0.3) is 5.82 Å². The van der Waals surface area contributed by atoms with Crippen molar-refractivity contribution in [2.24, 2.45) is 4.99 Å². The maximum Gasteiger partial charge on any atom is 0.257 e. The number of fused-ring (bicyclic) bond motifs is 1. The summed E-state index contributed by atoms with van der Waals surface area (Å²) in [5.41, 5.74) is 3.53. The maximum atomic E-state index is 12.6. The molecular formula is C21H19Cl4N3O. The molecule has 0 saturated carbocycles. The molecule has 0 aliphatic carbocycles. The normalized spacial score (nSPS) is 13.3. The first-order valence-electron chi connectivity index (χ1n) is 9.00. The van der Waals surface area contributed by atoms with Crippen LogP contribution in [-0.2, 0) is 19.5 Å². The second-order valence-corrected chi connectivity index (χ2v) is 8.13. The van der Waals surface area contributed by atoms with E-state index in [1.807, 2.05) is 35.9 Å². The van der Waals surface area contributed by atoms with Gasteiger partial charge in [0.05, 0.1) is 28.7 Å². The van der Waals surface area contributed by atoms with Gasteiger partial charge in [-0.1, -0.05) is 40.9 Å². The van der Waals surface area contributed by atoms with Crippen LogP contribution in [0.5, 0.6) is 0 Å². The topological polar surface area (TPSA) is 44.2 Å². The molecule has 152 valence electrons. The standard InChI is InChI=1S/C21H18Cl3N3O.ClH/c1-13-4-6-15(22)10-18(13)25-20(28)12-26-11-19(27-8-2-3-21(26)27)14-5-7-16(23)17(24)9-14;/h4-7,9-11H,2-3,8,12H2,1H3;1H. The van der Waals surface area contributed by atoms with Crippen molar-refractivity contribution in [2.75, 3.05) is 0 Å². The highest BCUT2D eigenvalue weighted by Gasteiger charge is 2.28. The Balaban J connectivity index is 0.00000240. The number of benzene rings is 2. The summed E-state index contributed by atoms with van der Waals surface area (Å²) in [6.45, 7) is 3.01. The van der Waals surface area contributed by atoms with Crippen LogP contribution in [-0.4, -0.2) is 10.5 Å². The minimum atomic E-state index is -0.212. The highest BCUT2D eigenvalue weighted by Crippen LogP contribution is 2.30. The van der Waals surface area contributed by atoms with Gasteiger partial charge >= 0.3 is 0 Å². The van der Waals surface area contributed by atoms with Crippen molar-refractivity contribution in [1.29, 1.82) is 0 Å². The Kier molecular flexibility index (Phi) is 6.79. The van der Waals surface area contributed by atoms with Crippen LogP contribution >= 0.6 is 47.2 Å². The first kappa shape index (κ1) is 22.0. The Morgan fingerprint density at radius 3 is 2.69 bits per heavy atom. The number of nitrogens with zero attached hydrogens (tertiary/aromatic N) is 3. The predicted octanol–water partition coefficient (Wildman–Crippen LogP) is 5.17. The van der Waals surface area contributed by atoms with E-state index in [2.05, 4.69) is 9.56 Å². The zero-order valence-electron chi connectivity index (χ0n) is 15.7. The molecule has 1 aromatic heterocycles. The number of hydrogen-bond donors (Lipinski definition) is 0. The summed E-state index contributed by atoms with van der Waals surface area (Å²) in [5, 5.41) is 14.2. The van der Waals surface area contributed by atoms with Crippen LogP contribution in [0.3, 0.4) is 0 Å². The molecule has 0 saturated heterocycles. The van der Waals surface area contributed by atoms with Crippen LogP contribution in [0.4, 0.5) is 5.69 Å². The van der Waals surface area contributed by atoms with E-state index in [0.29, 0.717) is 20.8 Å². The monoisotopic (exact) mass is 469 g/mol. The molecule has 0 atom stereocenters. The summed E-state index contributed by atoms with van der Waals surface area (Å²) < 4.78 is 4.22. The molecule has 1 aliphatic rings. The van der Waals surface area contributed by atoms with Crippen molar-refractivity contribution in [1.82, 2.24) is 4.57 Å². The van der Waals surface area contributed by atoms with Gasteiger partial charge in [0.15, 0.2) is 5.69 Å². The fourth-order valence-electron chi connectivity index (χ4n) is 3.55. The molecule has 0 fully saturated rings. The van der Waals surface area contributed by atoms with Crippen LogP contribution in [0.1, 0.15) is 17.8 Å². The second-order valence-electron chi connectivity index (χ2n) is 6.88. The van der Waals surface area contributed by atoms with Gasteiger partial charge in [-0.05, 0) is 49.2 Å². The van der Waals surface area contributed by atoms with E-state index in [0.717, 1.165) is 42.0 Å². The Morgan fingerprint density at radius 1 is 1.14 bits per heavy atom. The summed E-state index contributed by atoms with van der Waals surface area (Å²) in [6, 6.07) is 11.0. The number of hydrogen-bond acceptors (Lipinski definition) is 2. The van der Waals surface area contributed by atoms with Gasteiger partial charge in [-0.2, -0.15) is 0 Å². The maximum absolute atomic E-state index is 12.6. The smallest absolute Gasteiger partial charge is 0.257 e. The SMILES string of the molecule is Cc1ccc(Cl)cc1N=C([O-])C[n+]1cc(-c2ccc(Cl)c(Cl)c2)n2c1CCC2.Cl. The lowest BCUT2D eigenvalue weighted by atomic mass is 10.1. The van der Waals surface area contributed by atoms with Gasteiger partial charge in [-0.3, -0.25) is 4.99 Å². The highest BCUT2D eigenvalue weighted by atomic mass is 35.5. The van der Waals surface area contributed by atoms with E-state index in [1.165, 1.54) is 0 Å². The molecule has 0 unspecified atom stereocenters. The molecule has 1 aliphatic heterocycles. The Morgan fingerprint density at radius 2 is 1.93 bits per heavy atom. The van der Waals surface area contributed by atoms with Crippen molar-refractivity contribution < 1.29 is 9.67 Å². The molecule has 0 radical (unpaired) electrons. The fourth-order valence-corrected chi connectivity index (χ4v) is 4.01. The zero-order valence-corrected chi connectivity index (χ0v) is 18.7. The zero-order chi connectivity index (χ0) is 19.8. The summed E-state index contributed by atoms with van der Waals surface area (Å²) >= 11 is 18.3. The predicted molar refractivity (Wildman–Crippen MR) is 119 cm³/mol. The lowest BCUT2D eigenvalue weighted by Crippen LogP contribution is -2.43. The van der Waals surface area contributed by atoms with E-state index in [9.17, 15) is 5.11 Å². The van der Waals surface area contributed by atoms with Crippen LogP contribution in [0, 0.1) is 6.92 Å². The average molecular weight is 471 g/mol. The van der Waals surface area contributed by atoms with E-state index in [-0.39, 0.29) is 24.8 Å². The molecule has 3 aromatic rings. The molecule has 0 amide bonds. The quantitative estimate of drug-likeness (QED) is 0.294. The Bertz CT molecular complexity index is 1090. The minimum Gasteiger partial charge on any atom is -0.859 e. The Labute approximate surface area is 190 Å². The number of aliphatic imine (C=N–C) groups is 1. The number of aryl methyl sites for hydroxylation is 1. The van der Waals surface area contributed by atoms with E-state index in [4.69, 9.17) is 34.8 Å². The molecule has 29 heavy (non-hydrogen) atoms. The van der Waals surface area contributed by atoms with Crippen LogP contribution in [0.15, 0.2) is 47.6 Å². The van der Waals surface area contributed by atoms with Gasteiger partial charge in [0, 0.05) is 16.5 Å². The third-order valence-electron chi connectivity index (χ3n) is 4.93. The van der Waals surface area contributed by atoms with Gasteiger partial charge < -0.3 is 5.11 Å². The molecule has 4 nitrogen and oxygen atoms in total. The molecule has 4 rings (SSSR count). The van der Waals surface area contributed by atoms with Gasteiger partial charge in [0.2, 0.25) is 0 Å². The molecule has 8 heteroatoms. The molecule has 2 aromatic carbocycles. The lowest BCUT2D eigenvalue weighted by molar-refractivity contribution is -0.693. The van der Waals surface area contributed by atoms with Crippen LogP contribution in [0.25, 0.3) is 11.3 Å². The van der Waals surface area contributed by atoms with Crippen LogP contribution in [0.2, 0.25) is 15.1 Å². The third-order valence-corrected chi connectivity index (χ3v) is 5.91. The van der Waals surface area contributed by atoms with Crippen molar-refractivity contribution in [3.05, 3.63) is 69.1 Å². The minimum absolute atomic E-state index is 0. The summed E-state index contributed by atoms with van der Waals surface area (Å²) in [4.78, 5) is 4.26. The van der Waals surface area contributed by atoms with E-state index < -0.39 is 0 Å². The van der Waals surface area contributed by atoms with Crippen molar-refractivity contribution in [3.8, 4) is 11.3 Å². The molecule has 0 bridgehead atoms. The number of imidazole rings is 1. The van der Waals surface area contributed by atoms with Gasteiger partial charge in [-0.25, -0.2) is 9.13 Å². The third kappa shape index (κ3) is 4.56. The second kappa shape index (κ2) is 8.97. The largest absolute Gasteiger partial charge is 0.859 e. The van der Waals surface area contributed by atoms with E-state index in [1.54, 1.807) is 18.2 Å². The summed E-state index contributed by atoms with van der Waals surface area (Å²) in [5.74, 6) is 0.906. The molecule has 0 spiro atoms. The van der Waals surface area contributed by atoms with Crippen LogP contribution < -0.4 is 9.67 Å².